The van der Waals surface area contributed by atoms with Crippen LogP contribution in [-0.4, -0.2) is 47.5 Å². The average molecular weight is 313 g/mol. The van der Waals surface area contributed by atoms with Gasteiger partial charge in [-0.15, -0.1) is 0 Å². The van der Waals surface area contributed by atoms with Gasteiger partial charge >= 0.3 is 0 Å². The molecule has 3 nitrogen and oxygen atoms in total. The smallest absolute Gasteiger partial charge is 0.123 e. The summed E-state index contributed by atoms with van der Waals surface area (Å²) >= 11 is 0. The molecular weight excluding hydrogens is 289 g/mol. The Bertz CT molecular complexity index is 585. The molecule has 0 N–H and O–H groups in total. The molecule has 3 rings (SSSR count). The summed E-state index contributed by atoms with van der Waals surface area (Å²) in [6.07, 6.45) is 4.06. The van der Waals surface area contributed by atoms with Gasteiger partial charge in [0.2, 0.25) is 0 Å². The highest BCUT2D eigenvalue weighted by Gasteiger charge is 2.15. The van der Waals surface area contributed by atoms with Crippen molar-refractivity contribution in [2.45, 2.75) is 19.4 Å². The van der Waals surface area contributed by atoms with Crippen LogP contribution in [0, 0.1) is 5.82 Å². The van der Waals surface area contributed by atoms with Crippen LogP contribution >= 0.6 is 0 Å². The van der Waals surface area contributed by atoms with Crippen molar-refractivity contribution < 1.29 is 4.39 Å². The minimum absolute atomic E-state index is 0.162. The average Bonchev–Trinajstić information content (AvgIpc) is 2.81. The third-order valence-electron chi connectivity index (χ3n) is 4.41. The molecule has 0 aliphatic carbocycles. The lowest BCUT2D eigenvalue weighted by atomic mass is 10.2. The molecule has 0 radical (unpaired) electrons. The number of aromatic nitrogens is 1. The van der Waals surface area contributed by atoms with Crippen LogP contribution in [0.25, 0.3) is 0 Å². The number of hydrogen-bond donors (Lipinski definition) is 0. The summed E-state index contributed by atoms with van der Waals surface area (Å²) in [5, 5.41) is 0. The number of benzene rings is 1. The van der Waals surface area contributed by atoms with Gasteiger partial charge in [-0.05, 0) is 49.3 Å². The third-order valence-corrected chi connectivity index (χ3v) is 4.41. The normalized spacial score (nSPS) is 17.1. The Labute approximate surface area is 137 Å². The molecule has 23 heavy (non-hydrogen) atoms. The first-order valence-corrected chi connectivity index (χ1v) is 8.39. The van der Waals surface area contributed by atoms with Gasteiger partial charge in [0.25, 0.3) is 0 Å². The van der Waals surface area contributed by atoms with E-state index in [0.29, 0.717) is 0 Å². The molecule has 0 saturated carbocycles. The van der Waals surface area contributed by atoms with Crippen molar-refractivity contribution in [3.63, 3.8) is 0 Å². The summed E-state index contributed by atoms with van der Waals surface area (Å²) < 4.78 is 13.0. The number of hydrogen-bond acceptors (Lipinski definition) is 3. The molecule has 0 bridgehead atoms. The molecule has 0 atom stereocenters. The van der Waals surface area contributed by atoms with Crippen molar-refractivity contribution in [3.8, 4) is 0 Å². The molecule has 0 amide bonds. The number of nitrogens with zero attached hydrogens (tertiary/aromatic N) is 3. The van der Waals surface area contributed by atoms with E-state index in [0.717, 1.165) is 45.7 Å². The molecule has 2 aromatic rings. The van der Waals surface area contributed by atoms with E-state index in [4.69, 9.17) is 0 Å². The zero-order valence-electron chi connectivity index (χ0n) is 13.5. The predicted molar refractivity (Wildman–Crippen MR) is 90.7 cm³/mol. The molecule has 1 saturated heterocycles. The van der Waals surface area contributed by atoms with Crippen LogP contribution in [0.4, 0.5) is 4.39 Å². The first-order chi connectivity index (χ1) is 11.3. The summed E-state index contributed by atoms with van der Waals surface area (Å²) in [6.45, 7) is 6.40. The van der Waals surface area contributed by atoms with E-state index in [1.165, 1.54) is 17.7 Å². The van der Waals surface area contributed by atoms with E-state index in [-0.39, 0.29) is 5.82 Å². The standard InChI is InChI=1S/C19H24FN3/c20-18-7-5-17(6-8-18)16-23-12-3-11-22(14-15-23)13-9-19-4-1-2-10-21-19/h1-2,4-8,10H,3,9,11-16H2. The third kappa shape index (κ3) is 5.12. The zero-order chi connectivity index (χ0) is 15.9. The molecule has 0 unspecified atom stereocenters. The second kappa shape index (κ2) is 8.18. The second-order valence-corrected chi connectivity index (χ2v) is 6.17. The lowest BCUT2D eigenvalue weighted by molar-refractivity contribution is 0.252. The molecule has 122 valence electrons. The molecule has 1 aromatic carbocycles. The van der Waals surface area contributed by atoms with E-state index in [1.54, 1.807) is 12.1 Å². The van der Waals surface area contributed by atoms with Crippen molar-refractivity contribution in [2.75, 3.05) is 32.7 Å². The Morgan fingerprint density at radius 2 is 1.70 bits per heavy atom. The van der Waals surface area contributed by atoms with Crippen LogP contribution in [0.5, 0.6) is 0 Å². The van der Waals surface area contributed by atoms with E-state index < -0.39 is 0 Å². The Morgan fingerprint density at radius 1 is 0.913 bits per heavy atom. The van der Waals surface area contributed by atoms with Gasteiger partial charge in [0.1, 0.15) is 5.82 Å². The Kier molecular flexibility index (Phi) is 5.72. The van der Waals surface area contributed by atoms with Gasteiger partial charge in [-0.25, -0.2) is 4.39 Å². The van der Waals surface area contributed by atoms with Gasteiger partial charge in [-0.2, -0.15) is 0 Å². The fourth-order valence-electron chi connectivity index (χ4n) is 3.07. The van der Waals surface area contributed by atoms with Gasteiger partial charge in [-0.1, -0.05) is 18.2 Å². The van der Waals surface area contributed by atoms with Crippen molar-refractivity contribution >= 4 is 0 Å². The van der Waals surface area contributed by atoms with Crippen molar-refractivity contribution in [2.24, 2.45) is 0 Å². The van der Waals surface area contributed by atoms with Crippen LogP contribution < -0.4 is 0 Å². The molecule has 0 spiro atoms. The minimum atomic E-state index is -0.162. The van der Waals surface area contributed by atoms with Gasteiger partial charge in [0, 0.05) is 44.5 Å². The molecule has 1 aliphatic rings. The maximum Gasteiger partial charge on any atom is 0.123 e. The second-order valence-electron chi connectivity index (χ2n) is 6.17. The summed E-state index contributed by atoms with van der Waals surface area (Å²) in [5.41, 5.74) is 2.35. The zero-order valence-corrected chi connectivity index (χ0v) is 13.5. The summed E-state index contributed by atoms with van der Waals surface area (Å²) in [4.78, 5) is 9.39. The van der Waals surface area contributed by atoms with Crippen molar-refractivity contribution in [3.05, 3.63) is 65.7 Å². The van der Waals surface area contributed by atoms with Crippen LogP contribution in [0.1, 0.15) is 17.7 Å². The molecular formula is C19H24FN3. The number of rotatable bonds is 5. The van der Waals surface area contributed by atoms with Crippen LogP contribution in [0.3, 0.4) is 0 Å². The highest BCUT2D eigenvalue weighted by Crippen LogP contribution is 2.10. The Morgan fingerprint density at radius 3 is 2.48 bits per heavy atom. The summed E-state index contributed by atoms with van der Waals surface area (Å²) in [6, 6.07) is 13.0. The van der Waals surface area contributed by atoms with Crippen molar-refractivity contribution in [1.82, 2.24) is 14.8 Å². The fraction of sp³-hybridized carbons (Fsp3) is 0.421. The van der Waals surface area contributed by atoms with Gasteiger partial charge in [0.15, 0.2) is 0 Å². The molecule has 1 aromatic heterocycles. The number of halogens is 1. The Hall–Kier alpha value is -1.78. The molecule has 1 fully saturated rings. The molecule has 4 heteroatoms. The SMILES string of the molecule is Fc1ccc(CN2CCCN(CCc3ccccn3)CC2)cc1. The lowest BCUT2D eigenvalue weighted by Crippen LogP contribution is -2.32. The first kappa shape index (κ1) is 16.1. The lowest BCUT2D eigenvalue weighted by Gasteiger charge is -2.21. The number of pyridine rings is 1. The van der Waals surface area contributed by atoms with E-state index in [9.17, 15) is 4.39 Å². The Balaban J connectivity index is 1.46. The van der Waals surface area contributed by atoms with Gasteiger partial charge in [0.05, 0.1) is 0 Å². The van der Waals surface area contributed by atoms with Crippen molar-refractivity contribution in [1.29, 1.82) is 0 Å². The van der Waals surface area contributed by atoms with Gasteiger partial charge < -0.3 is 4.90 Å². The maximum atomic E-state index is 13.0. The van der Waals surface area contributed by atoms with Gasteiger partial charge in [-0.3, -0.25) is 9.88 Å². The van der Waals surface area contributed by atoms with Crippen LogP contribution in [0.2, 0.25) is 0 Å². The minimum Gasteiger partial charge on any atom is -0.302 e. The molecule has 1 aliphatic heterocycles. The predicted octanol–water partition coefficient (Wildman–Crippen LogP) is 2.97. The largest absolute Gasteiger partial charge is 0.302 e. The van der Waals surface area contributed by atoms with E-state index in [1.807, 2.05) is 24.4 Å². The van der Waals surface area contributed by atoms with E-state index in [2.05, 4.69) is 26.9 Å². The summed E-state index contributed by atoms with van der Waals surface area (Å²) in [5.74, 6) is -0.162. The van der Waals surface area contributed by atoms with E-state index >= 15 is 0 Å². The maximum absolute atomic E-state index is 13.0. The van der Waals surface area contributed by atoms with Crippen LogP contribution in [-0.2, 0) is 13.0 Å². The topological polar surface area (TPSA) is 19.4 Å². The highest BCUT2D eigenvalue weighted by atomic mass is 19.1. The monoisotopic (exact) mass is 313 g/mol. The first-order valence-electron chi connectivity index (χ1n) is 8.39. The van der Waals surface area contributed by atoms with Crippen LogP contribution in [0.15, 0.2) is 48.7 Å². The molecule has 2 heterocycles. The summed E-state index contributed by atoms with van der Waals surface area (Å²) in [7, 11) is 0. The fourth-order valence-corrected chi connectivity index (χ4v) is 3.07. The highest BCUT2D eigenvalue weighted by molar-refractivity contribution is 5.15. The quantitative estimate of drug-likeness (QED) is 0.846.